The number of likely N-dealkylation sites (tertiary alicyclic amines) is 1. The molecule has 29 heavy (non-hydrogen) atoms. The Morgan fingerprint density at radius 3 is 2.45 bits per heavy atom. The van der Waals surface area contributed by atoms with Crippen molar-refractivity contribution < 1.29 is 9.59 Å². The van der Waals surface area contributed by atoms with Crippen molar-refractivity contribution in [2.24, 2.45) is 5.92 Å². The van der Waals surface area contributed by atoms with E-state index in [2.05, 4.69) is 27.6 Å². The van der Waals surface area contributed by atoms with E-state index in [0.717, 1.165) is 36.6 Å². The van der Waals surface area contributed by atoms with Crippen molar-refractivity contribution in [2.75, 3.05) is 31.5 Å². The number of benzene rings is 1. The maximum absolute atomic E-state index is 12.4. The first-order valence-electron chi connectivity index (χ1n) is 10.4. The average Bonchev–Trinajstić information content (AvgIpc) is 3.07. The van der Waals surface area contributed by atoms with E-state index in [-0.39, 0.29) is 0 Å². The minimum absolute atomic E-state index is 0.296. The Morgan fingerprint density at radius 1 is 1.07 bits per heavy atom. The molecule has 1 aliphatic rings. The molecule has 1 aliphatic heterocycles. The van der Waals surface area contributed by atoms with Gasteiger partial charge >= 0.3 is 11.8 Å². The zero-order valence-electron chi connectivity index (χ0n) is 17.6. The Morgan fingerprint density at radius 2 is 1.76 bits per heavy atom. The summed E-state index contributed by atoms with van der Waals surface area (Å²) in [5.74, 6) is -0.522. The fraction of sp³-hybridized carbons (Fsp3) is 0.500. The first-order valence-corrected chi connectivity index (χ1v) is 10.4. The summed E-state index contributed by atoms with van der Waals surface area (Å²) in [5, 5.41) is 9.87. The van der Waals surface area contributed by atoms with Crippen molar-refractivity contribution in [3.63, 3.8) is 0 Å². The minimum Gasteiger partial charge on any atom is -0.348 e. The highest BCUT2D eigenvalue weighted by Gasteiger charge is 2.19. The summed E-state index contributed by atoms with van der Waals surface area (Å²) in [7, 11) is 0. The molecule has 1 saturated heterocycles. The average molecular weight is 398 g/mol. The van der Waals surface area contributed by atoms with E-state index < -0.39 is 11.8 Å². The molecule has 0 aliphatic carbocycles. The van der Waals surface area contributed by atoms with Crippen molar-refractivity contribution in [1.29, 1.82) is 0 Å². The first-order chi connectivity index (χ1) is 13.9. The first kappa shape index (κ1) is 21.0. The highest BCUT2D eigenvalue weighted by atomic mass is 16.2. The molecular weight excluding hydrogens is 366 g/mol. The van der Waals surface area contributed by atoms with Gasteiger partial charge in [-0.05, 0) is 57.8 Å². The molecule has 2 amide bonds. The van der Waals surface area contributed by atoms with E-state index in [1.165, 1.54) is 19.3 Å². The van der Waals surface area contributed by atoms with Crippen LogP contribution < -0.4 is 10.6 Å². The quantitative estimate of drug-likeness (QED) is 0.735. The zero-order valence-corrected chi connectivity index (χ0v) is 17.6. The van der Waals surface area contributed by atoms with E-state index >= 15 is 0 Å². The van der Waals surface area contributed by atoms with Gasteiger partial charge in [0, 0.05) is 19.2 Å². The third kappa shape index (κ3) is 5.90. The third-order valence-electron chi connectivity index (χ3n) is 5.19. The van der Waals surface area contributed by atoms with Gasteiger partial charge in [-0.3, -0.25) is 9.59 Å². The van der Waals surface area contributed by atoms with Crippen LogP contribution in [-0.2, 0) is 9.59 Å². The second-order valence-corrected chi connectivity index (χ2v) is 8.05. The van der Waals surface area contributed by atoms with Crippen LogP contribution in [0.5, 0.6) is 0 Å². The monoisotopic (exact) mass is 397 g/mol. The molecule has 1 aromatic carbocycles. The number of nitrogens with one attached hydrogen (secondary N) is 2. The molecule has 7 heteroatoms. The number of aromatic nitrogens is 2. The largest absolute Gasteiger partial charge is 0.348 e. The Kier molecular flexibility index (Phi) is 7.04. The summed E-state index contributed by atoms with van der Waals surface area (Å²) < 4.78 is 1.64. The van der Waals surface area contributed by atoms with E-state index in [1.807, 2.05) is 38.1 Å². The van der Waals surface area contributed by atoms with Crippen LogP contribution in [0.15, 0.2) is 30.3 Å². The van der Waals surface area contributed by atoms with Gasteiger partial charge in [0.1, 0.15) is 5.82 Å². The zero-order chi connectivity index (χ0) is 20.8. The SMILES string of the molecule is Cc1ccc(-n2nc(C)cc2NC(=O)C(=O)NC[C@H](C)CN2CCCCC2)cc1. The lowest BCUT2D eigenvalue weighted by Gasteiger charge is -2.29. The molecule has 0 unspecified atom stereocenters. The number of anilines is 1. The Labute approximate surface area is 172 Å². The molecule has 1 atom stereocenters. The number of piperidine rings is 1. The number of hydrogen-bond donors (Lipinski definition) is 2. The molecular formula is C22H31N5O2. The fourth-order valence-electron chi connectivity index (χ4n) is 3.64. The molecule has 2 aromatic rings. The predicted molar refractivity (Wildman–Crippen MR) is 114 cm³/mol. The van der Waals surface area contributed by atoms with E-state index in [9.17, 15) is 9.59 Å². The maximum Gasteiger partial charge on any atom is 0.314 e. The summed E-state index contributed by atoms with van der Waals surface area (Å²) in [6.07, 6.45) is 3.80. The van der Waals surface area contributed by atoms with E-state index in [0.29, 0.717) is 18.3 Å². The summed E-state index contributed by atoms with van der Waals surface area (Å²) in [5.41, 5.74) is 2.73. The lowest BCUT2D eigenvalue weighted by molar-refractivity contribution is -0.136. The van der Waals surface area contributed by atoms with Gasteiger partial charge in [0.25, 0.3) is 0 Å². The summed E-state index contributed by atoms with van der Waals surface area (Å²) in [6.45, 7) is 9.64. The maximum atomic E-state index is 12.4. The molecule has 2 heterocycles. The van der Waals surface area contributed by atoms with Crippen LogP contribution in [0.2, 0.25) is 0 Å². The van der Waals surface area contributed by atoms with Crippen LogP contribution in [0.1, 0.15) is 37.4 Å². The molecule has 1 aromatic heterocycles. The fourth-order valence-corrected chi connectivity index (χ4v) is 3.64. The van der Waals surface area contributed by atoms with Crippen LogP contribution >= 0.6 is 0 Å². The van der Waals surface area contributed by atoms with E-state index in [1.54, 1.807) is 10.7 Å². The normalized spacial score (nSPS) is 15.7. The van der Waals surface area contributed by atoms with Crippen LogP contribution in [-0.4, -0.2) is 52.7 Å². The second-order valence-electron chi connectivity index (χ2n) is 8.05. The number of aryl methyl sites for hydroxylation is 2. The van der Waals surface area contributed by atoms with Crippen molar-refractivity contribution in [3.8, 4) is 5.69 Å². The minimum atomic E-state index is -0.677. The number of carbonyl (C=O) groups is 2. The number of hydrogen-bond acceptors (Lipinski definition) is 4. The van der Waals surface area contributed by atoms with E-state index in [4.69, 9.17) is 0 Å². The Hall–Kier alpha value is -2.67. The molecule has 7 nitrogen and oxygen atoms in total. The highest BCUT2D eigenvalue weighted by molar-refractivity contribution is 6.39. The number of carbonyl (C=O) groups excluding carboxylic acids is 2. The lowest BCUT2D eigenvalue weighted by Crippen LogP contribution is -2.41. The Balaban J connectivity index is 1.54. The van der Waals surface area contributed by atoms with Crippen molar-refractivity contribution in [2.45, 2.75) is 40.0 Å². The van der Waals surface area contributed by atoms with Gasteiger partial charge in [-0.1, -0.05) is 31.0 Å². The molecule has 0 saturated carbocycles. The van der Waals surface area contributed by atoms with Crippen molar-refractivity contribution >= 4 is 17.6 Å². The summed E-state index contributed by atoms with van der Waals surface area (Å²) in [4.78, 5) is 27.1. The summed E-state index contributed by atoms with van der Waals surface area (Å²) in [6, 6.07) is 9.58. The second kappa shape index (κ2) is 9.69. The summed E-state index contributed by atoms with van der Waals surface area (Å²) >= 11 is 0. The van der Waals surface area contributed by atoms with Gasteiger partial charge in [-0.2, -0.15) is 5.10 Å². The van der Waals surface area contributed by atoms with Crippen LogP contribution in [0.25, 0.3) is 5.69 Å². The van der Waals surface area contributed by atoms with Crippen LogP contribution in [0, 0.1) is 19.8 Å². The van der Waals surface area contributed by atoms with Crippen LogP contribution in [0.4, 0.5) is 5.82 Å². The standard InChI is InChI=1S/C22H31N5O2/c1-16-7-9-19(10-8-16)27-20(13-18(3)25-27)24-22(29)21(28)23-14-17(2)15-26-11-5-4-6-12-26/h7-10,13,17H,4-6,11-12,14-15H2,1-3H3,(H,23,28)(H,24,29)/t17-/m0/s1. The molecule has 0 spiro atoms. The third-order valence-corrected chi connectivity index (χ3v) is 5.19. The van der Waals surface area contributed by atoms with Gasteiger partial charge in [-0.25, -0.2) is 4.68 Å². The van der Waals surface area contributed by atoms with Gasteiger partial charge in [0.15, 0.2) is 0 Å². The molecule has 1 fully saturated rings. The Bertz CT molecular complexity index is 837. The molecule has 156 valence electrons. The number of nitrogens with zero attached hydrogens (tertiary/aromatic N) is 3. The smallest absolute Gasteiger partial charge is 0.314 e. The molecule has 0 radical (unpaired) electrons. The van der Waals surface area contributed by atoms with Gasteiger partial charge in [0.05, 0.1) is 11.4 Å². The molecule has 3 rings (SSSR count). The van der Waals surface area contributed by atoms with Crippen LogP contribution in [0.3, 0.4) is 0 Å². The number of amides is 2. The number of rotatable bonds is 6. The molecule has 0 bridgehead atoms. The van der Waals surface area contributed by atoms with Gasteiger partial charge < -0.3 is 15.5 Å². The predicted octanol–water partition coefficient (Wildman–Crippen LogP) is 2.67. The van der Waals surface area contributed by atoms with Gasteiger partial charge in [-0.15, -0.1) is 0 Å². The lowest BCUT2D eigenvalue weighted by atomic mass is 10.1. The molecule has 2 N–H and O–H groups in total. The van der Waals surface area contributed by atoms with Gasteiger partial charge in [0.2, 0.25) is 0 Å². The topological polar surface area (TPSA) is 79.3 Å². The van der Waals surface area contributed by atoms with Crippen molar-refractivity contribution in [3.05, 3.63) is 41.6 Å². The highest BCUT2D eigenvalue weighted by Crippen LogP contribution is 2.17. The van der Waals surface area contributed by atoms with Crippen molar-refractivity contribution in [1.82, 2.24) is 20.0 Å².